The molecule has 2 unspecified atom stereocenters. The van der Waals surface area contributed by atoms with Gasteiger partial charge in [0.15, 0.2) is 0 Å². The van der Waals surface area contributed by atoms with Crippen LogP contribution in [-0.4, -0.2) is 16.0 Å². The maximum Gasteiger partial charge on any atom is 0.135 e. The third-order valence-electron chi connectivity index (χ3n) is 1.84. The highest BCUT2D eigenvalue weighted by Gasteiger charge is 2.10. The molecule has 0 aliphatic rings. The zero-order valence-corrected chi connectivity index (χ0v) is 7.80. The third-order valence-corrected chi connectivity index (χ3v) is 4.72. The summed E-state index contributed by atoms with van der Waals surface area (Å²) in [6, 6.07) is 0. The minimum atomic E-state index is -0.772. The van der Waals surface area contributed by atoms with Gasteiger partial charge in [0, 0.05) is 0 Å². The van der Waals surface area contributed by atoms with E-state index in [-0.39, 0.29) is 0 Å². The van der Waals surface area contributed by atoms with Crippen molar-refractivity contribution in [1.82, 2.24) is 4.98 Å². The zero-order chi connectivity index (χ0) is 7.28. The largest absolute Gasteiger partial charge is 0.339 e. The van der Waals surface area contributed by atoms with Gasteiger partial charge in [0.05, 0.1) is 0 Å². The van der Waals surface area contributed by atoms with Gasteiger partial charge < -0.3 is 4.98 Å². The molecule has 0 aromatic rings. The summed E-state index contributed by atoms with van der Waals surface area (Å²) < 4.78 is 0. The topological polar surface area (TPSA) is 12.0 Å². The minimum Gasteiger partial charge on any atom is -0.339 e. The fourth-order valence-corrected chi connectivity index (χ4v) is 2.67. The molecule has 0 rings (SSSR count). The second-order valence-electron chi connectivity index (χ2n) is 2.44. The maximum atomic E-state index is 3.80. The van der Waals surface area contributed by atoms with Crippen LogP contribution in [0.5, 0.6) is 0 Å². The van der Waals surface area contributed by atoms with Gasteiger partial charge in [-0.1, -0.05) is 26.0 Å². The molecule has 1 N–H and O–H groups in total. The molecule has 0 aliphatic carbocycles. The van der Waals surface area contributed by atoms with E-state index in [1.165, 1.54) is 6.42 Å². The van der Waals surface area contributed by atoms with Gasteiger partial charge in [0.2, 0.25) is 0 Å². The van der Waals surface area contributed by atoms with E-state index < -0.39 is 8.96 Å². The monoisotopic (exact) mass is 143 g/mol. The predicted molar refractivity (Wildman–Crippen MR) is 46.1 cm³/mol. The fraction of sp³-hybridized carbons (Fsp3) is 0.714. The van der Waals surface area contributed by atoms with Crippen LogP contribution in [-0.2, 0) is 0 Å². The van der Waals surface area contributed by atoms with Crippen molar-refractivity contribution < 1.29 is 0 Å². The van der Waals surface area contributed by atoms with E-state index in [0.29, 0.717) is 0 Å². The van der Waals surface area contributed by atoms with Crippen molar-refractivity contribution in [3.8, 4) is 0 Å². The third kappa shape index (κ3) is 2.82. The lowest BCUT2D eigenvalue weighted by Crippen LogP contribution is -2.31. The van der Waals surface area contributed by atoms with Gasteiger partial charge in [-0.15, -0.1) is 6.58 Å². The molecular formula is C7H17NSi. The Morgan fingerprint density at radius 3 is 2.44 bits per heavy atom. The van der Waals surface area contributed by atoms with Crippen LogP contribution in [0.25, 0.3) is 0 Å². The molecule has 0 bridgehead atoms. The Bertz CT molecular complexity index is 83.0. The molecule has 9 heavy (non-hydrogen) atoms. The summed E-state index contributed by atoms with van der Waals surface area (Å²) in [6.45, 7) is 8.31. The molecule has 0 aromatic heterocycles. The molecule has 0 fully saturated rings. The normalized spacial score (nSPS) is 16.8. The van der Waals surface area contributed by atoms with Crippen molar-refractivity contribution in [3.63, 3.8) is 0 Å². The summed E-state index contributed by atoms with van der Waals surface area (Å²) in [7, 11) is 1.26. The first-order valence-electron chi connectivity index (χ1n) is 3.56. The molecule has 0 heterocycles. The van der Waals surface area contributed by atoms with Gasteiger partial charge in [-0.05, 0) is 12.6 Å². The first-order valence-corrected chi connectivity index (χ1v) is 5.47. The predicted octanol–water partition coefficient (Wildman–Crippen LogP) is 1.45. The highest BCUT2D eigenvalue weighted by atomic mass is 28.3. The summed E-state index contributed by atoms with van der Waals surface area (Å²) in [5.41, 5.74) is 2.95. The van der Waals surface area contributed by atoms with Gasteiger partial charge in [-0.2, -0.15) is 0 Å². The number of hydrogen-bond donors (Lipinski definition) is 1. The van der Waals surface area contributed by atoms with E-state index in [4.69, 9.17) is 0 Å². The Balaban J connectivity index is 3.63. The van der Waals surface area contributed by atoms with Crippen molar-refractivity contribution in [2.45, 2.75) is 25.8 Å². The summed E-state index contributed by atoms with van der Waals surface area (Å²) >= 11 is 0. The number of rotatable bonds is 4. The van der Waals surface area contributed by atoms with Crippen molar-refractivity contribution >= 4 is 8.96 Å². The molecule has 0 spiro atoms. The van der Waals surface area contributed by atoms with E-state index >= 15 is 0 Å². The summed E-state index contributed by atoms with van der Waals surface area (Å²) in [5, 5.41) is 0. The Labute approximate surface area is 59.8 Å². The molecule has 0 saturated carbocycles. The maximum absolute atomic E-state index is 3.80. The second-order valence-corrected chi connectivity index (χ2v) is 5.67. The Morgan fingerprint density at radius 1 is 1.78 bits per heavy atom. The molecular weight excluding hydrogens is 126 g/mol. The molecule has 2 atom stereocenters. The Hall–Kier alpha value is -0.0831. The smallest absolute Gasteiger partial charge is 0.135 e. The first kappa shape index (κ1) is 8.92. The van der Waals surface area contributed by atoms with Crippen molar-refractivity contribution in [2.75, 3.05) is 7.05 Å². The van der Waals surface area contributed by atoms with Crippen LogP contribution >= 0.6 is 0 Å². The lowest BCUT2D eigenvalue weighted by atomic mass is 10.4. The molecule has 0 aromatic carbocycles. The quantitative estimate of drug-likeness (QED) is 0.587. The summed E-state index contributed by atoms with van der Waals surface area (Å²) in [4.78, 5) is 3.32. The molecule has 0 aliphatic heterocycles. The Kier molecular flexibility index (Phi) is 4.72. The van der Waals surface area contributed by atoms with Crippen LogP contribution < -0.4 is 4.98 Å². The molecule has 0 radical (unpaired) electrons. The van der Waals surface area contributed by atoms with Crippen LogP contribution in [0.4, 0.5) is 0 Å². The van der Waals surface area contributed by atoms with Crippen LogP contribution in [0, 0.1) is 0 Å². The highest BCUT2D eigenvalue weighted by Crippen LogP contribution is 2.10. The highest BCUT2D eigenvalue weighted by molar-refractivity contribution is 6.62. The summed E-state index contributed by atoms with van der Waals surface area (Å²) in [5.74, 6) is 0. The van der Waals surface area contributed by atoms with Gasteiger partial charge in [0.1, 0.15) is 8.96 Å². The van der Waals surface area contributed by atoms with Crippen molar-refractivity contribution in [3.05, 3.63) is 12.3 Å². The first-order chi connectivity index (χ1) is 4.26. The van der Waals surface area contributed by atoms with Crippen LogP contribution in [0.3, 0.4) is 0 Å². The standard InChI is InChI=1S/C7H17NSi/c1-5-7(3)9(6-2)8-4/h6-9H,2,5H2,1,3-4H3. The van der Waals surface area contributed by atoms with E-state index in [1.807, 2.05) is 7.05 Å². The van der Waals surface area contributed by atoms with Crippen molar-refractivity contribution in [2.24, 2.45) is 0 Å². The van der Waals surface area contributed by atoms with E-state index in [0.717, 1.165) is 5.54 Å². The lowest BCUT2D eigenvalue weighted by molar-refractivity contribution is 0.842. The van der Waals surface area contributed by atoms with Gasteiger partial charge in [-0.3, -0.25) is 0 Å². The van der Waals surface area contributed by atoms with Gasteiger partial charge in [-0.25, -0.2) is 0 Å². The van der Waals surface area contributed by atoms with Crippen molar-refractivity contribution in [1.29, 1.82) is 0 Å². The number of nitrogens with one attached hydrogen (secondary N) is 1. The molecule has 1 nitrogen and oxygen atoms in total. The SMILES string of the molecule is C=C[SiH](NC)C(C)CC. The van der Waals surface area contributed by atoms with Gasteiger partial charge >= 0.3 is 0 Å². The van der Waals surface area contributed by atoms with Crippen LogP contribution in [0.15, 0.2) is 12.3 Å². The van der Waals surface area contributed by atoms with Gasteiger partial charge in [0.25, 0.3) is 0 Å². The summed E-state index contributed by atoms with van der Waals surface area (Å²) in [6.07, 6.45) is 1.27. The minimum absolute atomic E-state index is 0.772. The molecule has 2 heteroatoms. The Morgan fingerprint density at radius 2 is 2.33 bits per heavy atom. The van der Waals surface area contributed by atoms with E-state index in [2.05, 4.69) is 31.1 Å². The molecule has 54 valence electrons. The lowest BCUT2D eigenvalue weighted by Gasteiger charge is -2.15. The number of hydrogen-bond acceptors (Lipinski definition) is 1. The fourth-order valence-electron chi connectivity index (χ4n) is 0.889. The average molecular weight is 143 g/mol. The van der Waals surface area contributed by atoms with Crippen LogP contribution in [0.2, 0.25) is 5.54 Å². The average Bonchev–Trinajstić information content (AvgIpc) is 1.90. The van der Waals surface area contributed by atoms with Crippen LogP contribution in [0.1, 0.15) is 20.3 Å². The van der Waals surface area contributed by atoms with E-state index in [1.54, 1.807) is 0 Å². The second kappa shape index (κ2) is 4.76. The molecule has 0 amide bonds. The molecule has 0 saturated heterocycles. The van der Waals surface area contributed by atoms with E-state index in [9.17, 15) is 0 Å². The zero-order valence-electron chi connectivity index (χ0n) is 6.65.